The summed E-state index contributed by atoms with van der Waals surface area (Å²) in [6, 6.07) is 12.2. The van der Waals surface area contributed by atoms with Crippen molar-refractivity contribution in [3.63, 3.8) is 0 Å². The zero-order valence-electron chi connectivity index (χ0n) is 13.7. The van der Waals surface area contributed by atoms with Gasteiger partial charge in [0.25, 0.3) is 5.91 Å². The van der Waals surface area contributed by atoms with Crippen LogP contribution in [-0.2, 0) is 16.6 Å². The van der Waals surface area contributed by atoms with Gasteiger partial charge in [0.2, 0.25) is 10.0 Å². The Hall–Kier alpha value is -2.05. The largest absolute Gasteiger partial charge is 0.348 e. The van der Waals surface area contributed by atoms with Crippen molar-refractivity contribution in [2.75, 3.05) is 17.6 Å². The van der Waals surface area contributed by atoms with Crippen molar-refractivity contribution < 1.29 is 13.2 Å². The third-order valence-electron chi connectivity index (χ3n) is 3.67. The predicted molar refractivity (Wildman–Crippen MR) is 97.0 cm³/mol. The molecule has 128 valence electrons. The van der Waals surface area contributed by atoms with Gasteiger partial charge in [-0.3, -0.25) is 9.10 Å². The number of anilines is 1. The highest BCUT2D eigenvalue weighted by Gasteiger charge is 2.16. The van der Waals surface area contributed by atoms with Crippen molar-refractivity contribution in [1.82, 2.24) is 5.32 Å². The van der Waals surface area contributed by atoms with E-state index in [-0.39, 0.29) is 5.91 Å². The minimum Gasteiger partial charge on any atom is -0.348 e. The maximum atomic E-state index is 12.3. The lowest BCUT2D eigenvalue weighted by atomic mass is 10.1. The standard InChI is InChI=1S/C17H19ClN2O3S/c1-12-4-7-14(10-16(12)20(2)24(3,22)23)17(21)19-11-13-5-8-15(18)9-6-13/h4-10H,11H2,1-3H3,(H,19,21). The smallest absolute Gasteiger partial charge is 0.251 e. The van der Waals surface area contributed by atoms with E-state index in [4.69, 9.17) is 11.6 Å². The van der Waals surface area contributed by atoms with E-state index in [1.165, 1.54) is 7.05 Å². The van der Waals surface area contributed by atoms with Crippen LogP contribution in [0, 0.1) is 6.92 Å². The van der Waals surface area contributed by atoms with Crippen LogP contribution in [0.5, 0.6) is 0 Å². The van der Waals surface area contributed by atoms with Crippen LogP contribution in [0.3, 0.4) is 0 Å². The SMILES string of the molecule is Cc1ccc(C(=O)NCc2ccc(Cl)cc2)cc1N(C)S(C)(=O)=O. The fourth-order valence-electron chi connectivity index (χ4n) is 2.16. The number of hydrogen-bond donors (Lipinski definition) is 1. The molecule has 0 atom stereocenters. The number of halogens is 1. The molecule has 0 aliphatic carbocycles. The normalized spacial score (nSPS) is 11.2. The van der Waals surface area contributed by atoms with Crippen LogP contribution < -0.4 is 9.62 Å². The average Bonchev–Trinajstić information content (AvgIpc) is 2.53. The Bertz CT molecular complexity index is 849. The highest BCUT2D eigenvalue weighted by Crippen LogP contribution is 2.22. The van der Waals surface area contributed by atoms with Gasteiger partial charge in [0, 0.05) is 24.2 Å². The molecule has 0 saturated carbocycles. The van der Waals surface area contributed by atoms with Crippen molar-refractivity contribution in [2.45, 2.75) is 13.5 Å². The van der Waals surface area contributed by atoms with Gasteiger partial charge in [-0.05, 0) is 42.3 Å². The first-order valence-corrected chi connectivity index (χ1v) is 9.48. The number of nitrogens with one attached hydrogen (secondary N) is 1. The molecule has 0 heterocycles. The van der Waals surface area contributed by atoms with E-state index in [2.05, 4.69) is 5.32 Å². The molecular weight excluding hydrogens is 348 g/mol. The molecule has 0 radical (unpaired) electrons. The molecule has 0 aliphatic heterocycles. The Morgan fingerprint density at radius 2 is 1.79 bits per heavy atom. The summed E-state index contributed by atoms with van der Waals surface area (Å²) < 4.78 is 24.6. The van der Waals surface area contributed by atoms with E-state index in [0.717, 1.165) is 21.7 Å². The van der Waals surface area contributed by atoms with Gasteiger partial charge in [0.1, 0.15) is 0 Å². The number of amides is 1. The number of carbonyl (C=O) groups is 1. The van der Waals surface area contributed by atoms with Gasteiger partial charge in [-0.1, -0.05) is 29.8 Å². The molecule has 1 N–H and O–H groups in total. The van der Waals surface area contributed by atoms with E-state index in [9.17, 15) is 13.2 Å². The molecule has 0 saturated heterocycles. The van der Waals surface area contributed by atoms with Gasteiger partial charge in [-0.2, -0.15) is 0 Å². The second-order valence-electron chi connectivity index (χ2n) is 5.54. The van der Waals surface area contributed by atoms with Gasteiger partial charge in [-0.25, -0.2) is 8.42 Å². The topological polar surface area (TPSA) is 66.5 Å². The second-order valence-corrected chi connectivity index (χ2v) is 7.99. The molecule has 0 fully saturated rings. The van der Waals surface area contributed by atoms with Crippen LogP contribution in [0.25, 0.3) is 0 Å². The minimum absolute atomic E-state index is 0.270. The third-order valence-corrected chi connectivity index (χ3v) is 5.12. The van der Waals surface area contributed by atoms with Crippen molar-refractivity contribution in [3.05, 3.63) is 64.2 Å². The number of carbonyl (C=O) groups excluding carboxylic acids is 1. The summed E-state index contributed by atoms with van der Waals surface area (Å²) in [4.78, 5) is 12.3. The van der Waals surface area contributed by atoms with Crippen molar-refractivity contribution in [1.29, 1.82) is 0 Å². The molecule has 2 aromatic rings. The summed E-state index contributed by atoms with van der Waals surface area (Å²) in [5.41, 5.74) is 2.59. The number of rotatable bonds is 5. The quantitative estimate of drug-likeness (QED) is 0.884. The number of sulfonamides is 1. The number of benzene rings is 2. The first-order chi connectivity index (χ1) is 11.2. The molecule has 2 aromatic carbocycles. The van der Waals surface area contributed by atoms with Gasteiger partial charge >= 0.3 is 0 Å². The maximum Gasteiger partial charge on any atom is 0.251 e. The van der Waals surface area contributed by atoms with Crippen LogP contribution >= 0.6 is 11.6 Å². The molecule has 5 nitrogen and oxygen atoms in total. The maximum absolute atomic E-state index is 12.3. The summed E-state index contributed by atoms with van der Waals surface area (Å²) in [7, 11) is -1.93. The van der Waals surface area contributed by atoms with Crippen LogP contribution in [0.1, 0.15) is 21.5 Å². The number of nitrogens with zero attached hydrogens (tertiary/aromatic N) is 1. The third kappa shape index (κ3) is 4.49. The summed E-state index contributed by atoms with van der Waals surface area (Å²) in [5.74, 6) is -0.270. The lowest BCUT2D eigenvalue weighted by Gasteiger charge is -2.19. The van der Waals surface area contributed by atoms with E-state index in [0.29, 0.717) is 22.8 Å². The molecule has 1 amide bonds. The number of aryl methyl sites for hydroxylation is 1. The van der Waals surface area contributed by atoms with Gasteiger partial charge in [0.05, 0.1) is 11.9 Å². The Balaban J connectivity index is 2.16. The molecule has 24 heavy (non-hydrogen) atoms. The monoisotopic (exact) mass is 366 g/mol. The Kier molecular flexibility index (Phi) is 5.51. The summed E-state index contributed by atoms with van der Waals surface area (Å²) >= 11 is 5.83. The van der Waals surface area contributed by atoms with Crippen LogP contribution in [0.15, 0.2) is 42.5 Å². The Labute approximate surface area is 147 Å². The van der Waals surface area contributed by atoms with E-state index < -0.39 is 10.0 Å². The molecule has 0 spiro atoms. The fraction of sp³-hybridized carbons (Fsp3) is 0.235. The molecular formula is C17H19ClN2O3S. The van der Waals surface area contributed by atoms with Crippen LogP contribution in [0.2, 0.25) is 5.02 Å². The summed E-state index contributed by atoms with van der Waals surface area (Å²) in [6.45, 7) is 2.16. The van der Waals surface area contributed by atoms with Crippen LogP contribution in [-0.4, -0.2) is 27.6 Å². The molecule has 7 heteroatoms. The predicted octanol–water partition coefficient (Wildman–Crippen LogP) is 2.97. The number of hydrogen-bond acceptors (Lipinski definition) is 3. The second kappa shape index (κ2) is 7.23. The summed E-state index contributed by atoms with van der Waals surface area (Å²) in [5, 5.41) is 3.45. The van der Waals surface area contributed by atoms with E-state index in [1.807, 2.05) is 12.1 Å². The lowest BCUT2D eigenvalue weighted by molar-refractivity contribution is 0.0951. The minimum atomic E-state index is -3.39. The first-order valence-electron chi connectivity index (χ1n) is 7.25. The highest BCUT2D eigenvalue weighted by molar-refractivity contribution is 7.92. The molecule has 0 bridgehead atoms. The zero-order chi connectivity index (χ0) is 17.9. The van der Waals surface area contributed by atoms with Gasteiger partial charge in [-0.15, -0.1) is 0 Å². The Morgan fingerprint density at radius 3 is 2.38 bits per heavy atom. The van der Waals surface area contributed by atoms with E-state index >= 15 is 0 Å². The molecule has 2 rings (SSSR count). The molecule has 0 aliphatic rings. The summed E-state index contributed by atoms with van der Waals surface area (Å²) in [6.07, 6.45) is 1.12. The zero-order valence-corrected chi connectivity index (χ0v) is 15.3. The lowest BCUT2D eigenvalue weighted by Crippen LogP contribution is -2.27. The van der Waals surface area contributed by atoms with Crippen molar-refractivity contribution in [3.8, 4) is 0 Å². The highest BCUT2D eigenvalue weighted by atomic mass is 35.5. The van der Waals surface area contributed by atoms with Gasteiger partial charge < -0.3 is 5.32 Å². The fourth-order valence-corrected chi connectivity index (χ4v) is 2.84. The first kappa shape index (κ1) is 18.3. The molecule has 0 aromatic heterocycles. The van der Waals surface area contributed by atoms with Crippen molar-refractivity contribution >= 4 is 33.2 Å². The van der Waals surface area contributed by atoms with E-state index in [1.54, 1.807) is 37.3 Å². The Morgan fingerprint density at radius 1 is 1.17 bits per heavy atom. The van der Waals surface area contributed by atoms with Gasteiger partial charge in [0.15, 0.2) is 0 Å². The van der Waals surface area contributed by atoms with Crippen molar-refractivity contribution in [2.24, 2.45) is 0 Å². The van der Waals surface area contributed by atoms with Crippen LogP contribution in [0.4, 0.5) is 5.69 Å². The molecule has 0 unspecified atom stereocenters. The average molecular weight is 367 g/mol.